The number of hydrazine groups is 1. The van der Waals surface area contributed by atoms with Crippen molar-refractivity contribution in [2.24, 2.45) is 0 Å². The molecule has 1 aliphatic heterocycles. The minimum absolute atomic E-state index is 0.225. The lowest BCUT2D eigenvalue weighted by Crippen LogP contribution is -2.48. The van der Waals surface area contributed by atoms with Gasteiger partial charge >= 0.3 is 5.97 Å². The third-order valence-corrected chi connectivity index (χ3v) is 1.97. The van der Waals surface area contributed by atoms with Crippen LogP contribution in [0.5, 0.6) is 0 Å². The number of morpholine rings is 1. The number of carboxylic acid groups (broad SMARTS) is 1. The Balaban J connectivity index is 2.09. The maximum atomic E-state index is 10.2. The van der Waals surface area contributed by atoms with Crippen LogP contribution in [0.2, 0.25) is 0 Å². The van der Waals surface area contributed by atoms with Gasteiger partial charge in [-0.05, 0) is 0 Å². The highest BCUT2D eigenvalue weighted by molar-refractivity contribution is 5.67. The van der Waals surface area contributed by atoms with Crippen LogP contribution >= 0.6 is 0 Å². The Labute approximate surface area is 82.4 Å². The summed E-state index contributed by atoms with van der Waals surface area (Å²) in [5, 5.41) is 19.6. The lowest BCUT2D eigenvalue weighted by molar-refractivity contribution is -0.139. The van der Waals surface area contributed by atoms with Gasteiger partial charge in [-0.15, -0.1) is 0 Å². The van der Waals surface area contributed by atoms with Crippen molar-refractivity contribution in [2.75, 3.05) is 32.8 Å². The van der Waals surface area contributed by atoms with Crippen LogP contribution < -0.4 is 5.43 Å². The highest BCUT2D eigenvalue weighted by Crippen LogP contribution is 1.94. The Morgan fingerprint density at radius 1 is 1.50 bits per heavy atom. The fraction of sp³-hybridized carbons (Fsp3) is 0.875. The number of carbonyl (C=O) groups is 1. The Morgan fingerprint density at radius 3 is 2.71 bits per heavy atom. The van der Waals surface area contributed by atoms with E-state index in [4.69, 9.17) is 9.84 Å². The van der Waals surface area contributed by atoms with Crippen LogP contribution in [-0.2, 0) is 9.53 Å². The molecule has 1 atom stereocenters. The molecule has 82 valence electrons. The average Bonchev–Trinajstić information content (AvgIpc) is 2.15. The molecule has 0 saturated carbocycles. The Bertz CT molecular complexity index is 182. The van der Waals surface area contributed by atoms with Gasteiger partial charge in [0, 0.05) is 19.6 Å². The first-order valence-corrected chi connectivity index (χ1v) is 4.64. The summed E-state index contributed by atoms with van der Waals surface area (Å²) in [6.07, 6.45) is -1.06. The number of aliphatic hydroxyl groups is 1. The molecule has 6 nitrogen and oxygen atoms in total. The monoisotopic (exact) mass is 204 g/mol. The van der Waals surface area contributed by atoms with Crippen molar-refractivity contribution in [1.82, 2.24) is 10.4 Å². The van der Waals surface area contributed by atoms with E-state index in [1.807, 2.05) is 5.01 Å². The molecule has 0 radical (unpaired) electrons. The molecule has 1 fully saturated rings. The van der Waals surface area contributed by atoms with Gasteiger partial charge in [0.1, 0.15) is 0 Å². The lowest BCUT2D eigenvalue weighted by Gasteiger charge is -2.27. The maximum absolute atomic E-state index is 10.2. The number of nitrogens with zero attached hydrogens (tertiary/aromatic N) is 1. The van der Waals surface area contributed by atoms with Crippen LogP contribution in [0.25, 0.3) is 0 Å². The molecule has 6 heteroatoms. The minimum Gasteiger partial charge on any atom is -0.481 e. The Hall–Kier alpha value is -0.690. The first kappa shape index (κ1) is 11.4. The predicted octanol–water partition coefficient (Wildman–Crippen LogP) is -1.34. The van der Waals surface area contributed by atoms with Crippen LogP contribution in [-0.4, -0.2) is 60.1 Å². The van der Waals surface area contributed by atoms with Crippen molar-refractivity contribution in [3.8, 4) is 0 Å². The quantitative estimate of drug-likeness (QED) is 0.514. The van der Waals surface area contributed by atoms with E-state index in [1.165, 1.54) is 0 Å². The molecule has 0 amide bonds. The third-order valence-electron chi connectivity index (χ3n) is 1.97. The van der Waals surface area contributed by atoms with Crippen LogP contribution in [0.4, 0.5) is 0 Å². The highest BCUT2D eigenvalue weighted by atomic mass is 16.5. The molecular weight excluding hydrogens is 188 g/mol. The molecule has 0 aromatic rings. The molecule has 0 aromatic carbocycles. The summed E-state index contributed by atoms with van der Waals surface area (Å²) in [6, 6.07) is 0. The summed E-state index contributed by atoms with van der Waals surface area (Å²) < 4.78 is 5.13. The van der Waals surface area contributed by atoms with Crippen molar-refractivity contribution in [3.63, 3.8) is 0 Å². The lowest BCUT2D eigenvalue weighted by atomic mass is 10.2. The Morgan fingerprint density at radius 2 is 2.14 bits per heavy atom. The first-order valence-electron chi connectivity index (χ1n) is 4.64. The number of nitrogens with one attached hydrogen (secondary N) is 1. The number of aliphatic hydroxyl groups excluding tert-OH is 1. The van der Waals surface area contributed by atoms with Gasteiger partial charge in [-0.25, -0.2) is 5.01 Å². The van der Waals surface area contributed by atoms with Crippen molar-refractivity contribution >= 4 is 5.97 Å². The molecule has 0 aromatic heterocycles. The second-order valence-corrected chi connectivity index (χ2v) is 3.21. The van der Waals surface area contributed by atoms with Crippen molar-refractivity contribution < 1.29 is 19.7 Å². The summed E-state index contributed by atoms with van der Waals surface area (Å²) in [5.74, 6) is -0.985. The van der Waals surface area contributed by atoms with Gasteiger partial charge in [0.15, 0.2) is 0 Å². The van der Waals surface area contributed by atoms with Crippen LogP contribution in [0.3, 0.4) is 0 Å². The second kappa shape index (κ2) is 5.92. The fourth-order valence-corrected chi connectivity index (χ4v) is 1.23. The number of carboxylic acids is 1. The zero-order valence-electron chi connectivity index (χ0n) is 7.98. The van der Waals surface area contributed by atoms with E-state index in [9.17, 15) is 9.90 Å². The summed E-state index contributed by atoms with van der Waals surface area (Å²) in [7, 11) is 0. The summed E-state index contributed by atoms with van der Waals surface area (Å²) in [5.41, 5.74) is 2.97. The van der Waals surface area contributed by atoms with E-state index in [1.54, 1.807) is 0 Å². The number of hydrogen-bond donors (Lipinski definition) is 3. The van der Waals surface area contributed by atoms with Gasteiger partial charge in [-0.2, -0.15) is 0 Å². The molecular formula is C8H16N2O4. The topological polar surface area (TPSA) is 82.0 Å². The van der Waals surface area contributed by atoms with Gasteiger partial charge < -0.3 is 14.9 Å². The molecule has 1 saturated heterocycles. The second-order valence-electron chi connectivity index (χ2n) is 3.21. The number of hydrogen-bond acceptors (Lipinski definition) is 5. The molecule has 3 N–H and O–H groups in total. The maximum Gasteiger partial charge on any atom is 0.306 e. The normalized spacial score (nSPS) is 20.6. The molecule has 1 rings (SSSR count). The van der Waals surface area contributed by atoms with E-state index in [0.717, 1.165) is 13.1 Å². The molecule has 1 unspecified atom stereocenters. The van der Waals surface area contributed by atoms with Crippen LogP contribution in [0.1, 0.15) is 6.42 Å². The first-order chi connectivity index (χ1) is 6.68. The van der Waals surface area contributed by atoms with Crippen LogP contribution in [0.15, 0.2) is 0 Å². The summed E-state index contributed by atoms with van der Waals surface area (Å²) >= 11 is 0. The molecule has 0 aliphatic carbocycles. The third kappa shape index (κ3) is 4.52. The van der Waals surface area contributed by atoms with Gasteiger partial charge in [0.05, 0.1) is 25.7 Å². The molecule has 1 heterocycles. The van der Waals surface area contributed by atoms with Crippen molar-refractivity contribution in [1.29, 1.82) is 0 Å². The van der Waals surface area contributed by atoms with Crippen molar-refractivity contribution in [2.45, 2.75) is 12.5 Å². The number of aliphatic carboxylic acids is 1. The number of ether oxygens (including phenoxy) is 1. The molecule has 0 spiro atoms. The van der Waals surface area contributed by atoms with E-state index in [2.05, 4.69) is 5.43 Å². The van der Waals surface area contributed by atoms with E-state index in [-0.39, 0.29) is 13.0 Å². The zero-order chi connectivity index (χ0) is 10.4. The minimum atomic E-state index is -0.985. The SMILES string of the molecule is O=C(O)CC(O)CNN1CCOCC1. The van der Waals surface area contributed by atoms with Crippen molar-refractivity contribution in [3.05, 3.63) is 0 Å². The summed E-state index contributed by atoms with van der Waals surface area (Å²) in [6.45, 7) is 3.13. The van der Waals surface area contributed by atoms with Gasteiger partial charge in [-0.1, -0.05) is 0 Å². The Kier molecular flexibility index (Phi) is 4.81. The standard InChI is InChI=1S/C8H16N2O4/c11-7(5-8(12)13)6-9-10-1-3-14-4-2-10/h7,9,11H,1-6H2,(H,12,13). The van der Waals surface area contributed by atoms with Gasteiger partial charge in [0.25, 0.3) is 0 Å². The van der Waals surface area contributed by atoms with Crippen LogP contribution in [0, 0.1) is 0 Å². The average molecular weight is 204 g/mol. The van der Waals surface area contributed by atoms with E-state index in [0.29, 0.717) is 13.2 Å². The smallest absolute Gasteiger partial charge is 0.306 e. The molecule has 1 aliphatic rings. The molecule has 0 bridgehead atoms. The number of rotatable bonds is 5. The van der Waals surface area contributed by atoms with Gasteiger partial charge in [-0.3, -0.25) is 10.2 Å². The highest BCUT2D eigenvalue weighted by Gasteiger charge is 2.13. The van der Waals surface area contributed by atoms with E-state index < -0.39 is 12.1 Å². The summed E-state index contributed by atoms with van der Waals surface area (Å²) in [4.78, 5) is 10.2. The van der Waals surface area contributed by atoms with Gasteiger partial charge in [0.2, 0.25) is 0 Å². The predicted molar refractivity (Wildman–Crippen MR) is 48.7 cm³/mol. The largest absolute Gasteiger partial charge is 0.481 e. The molecule has 14 heavy (non-hydrogen) atoms. The zero-order valence-corrected chi connectivity index (χ0v) is 7.98. The van der Waals surface area contributed by atoms with E-state index >= 15 is 0 Å². The fourth-order valence-electron chi connectivity index (χ4n) is 1.23.